The van der Waals surface area contributed by atoms with Crippen LogP contribution in [0.25, 0.3) is 0 Å². The molecule has 3 fully saturated rings. The van der Waals surface area contributed by atoms with Gasteiger partial charge < -0.3 is 9.64 Å². The fourth-order valence-corrected chi connectivity index (χ4v) is 4.89. The van der Waals surface area contributed by atoms with Crippen LogP contribution in [0.5, 0.6) is 0 Å². The number of amides is 1. The molecule has 1 aromatic rings. The lowest BCUT2D eigenvalue weighted by Gasteiger charge is -2.48. The normalized spacial score (nSPS) is 28.4. The first kappa shape index (κ1) is 17.0. The Balaban J connectivity index is 1.39. The van der Waals surface area contributed by atoms with Crippen LogP contribution < -0.4 is 0 Å². The average molecular weight is 342 g/mol. The van der Waals surface area contributed by atoms with Gasteiger partial charge in [0.2, 0.25) is 5.91 Å². The monoisotopic (exact) mass is 342 g/mol. The number of ether oxygens (including phenoxy) is 1. The third-order valence-electron chi connectivity index (χ3n) is 6.43. The Morgan fingerprint density at radius 2 is 2.00 bits per heavy atom. The molecule has 4 nitrogen and oxygen atoms in total. The number of hydrogen-bond donors (Lipinski definition) is 0. The van der Waals surface area contributed by atoms with Gasteiger partial charge in [-0.1, -0.05) is 30.3 Å². The molecule has 1 amide bonds. The third-order valence-corrected chi connectivity index (χ3v) is 6.43. The van der Waals surface area contributed by atoms with Crippen molar-refractivity contribution in [2.24, 2.45) is 11.3 Å². The van der Waals surface area contributed by atoms with E-state index in [1.807, 2.05) is 0 Å². The summed E-state index contributed by atoms with van der Waals surface area (Å²) in [6.07, 6.45) is 5.64. The van der Waals surface area contributed by atoms with Gasteiger partial charge in [-0.3, -0.25) is 9.69 Å². The highest BCUT2D eigenvalue weighted by Crippen LogP contribution is 2.48. The molecule has 25 heavy (non-hydrogen) atoms. The molecule has 4 heteroatoms. The SMILES string of the molecule is COCC1(C(=O)N2CCC3C(CCCN3Cc3ccccc3)C2)CC1. The fourth-order valence-electron chi connectivity index (χ4n) is 4.89. The lowest BCUT2D eigenvalue weighted by Crippen LogP contribution is -2.56. The van der Waals surface area contributed by atoms with Crippen molar-refractivity contribution in [2.45, 2.75) is 44.7 Å². The minimum atomic E-state index is -0.181. The van der Waals surface area contributed by atoms with Crippen LogP contribution >= 0.6 is 0 Å². The topological polar surface area (TPSA) is 32.8 Å². The number of carbonyl (C=O) groups excluding carboxylic acids is 1. The first-order chi connectivity index (χ1) is 12.2. The number of rotatable bonds is 5. The van der Waals surface area contributed by atoms with Crippen LogP contribution in [0.3, 0.4) is 0 Å². The van der Waals surface area contributed by atoms with Crippen molar-refractivity contribution in [3.8, 4) is 0 Å². The molecule has 0 bridgehead atoms. The molecule has 0 radical (unpaired) electrons. The van der Waals surface area contributed by atoms with Gasteiger partial charge in [-0.05, 0) is 50.1 Å². The van der Waals surface area contributed by atoms with Crippen molar-refractivity contribution in [2.75, 3.05) is 33.4 Å². The largest absolute Gasteiger partial charge is 0.384 e. The van der Waals surface area contributed by atoms with Crippen molar-refractivity contribution in [1.29, 1.82) is 0 Å². The van der Waals surface area contributed by atoms with E-state index < -0.39 is 0 Å². The minimum absolute atomic E-state index is 0.181. The maximum absolute atomic E-state index is 13.0. The standard InChI is InChI=1S/C21H30N2O2/c1-25-16-21(10-11-21)20(24)23-13-9-19-18(15-23)8-5-12-22(19)14-17-6-3-2-4-7-17/h2-4,6-7,18-19H,5,8-16H2,1H3. The molecule has 0 spiro atoms. The molecule has 2 heterocycles. The van der Waals surface area contributed by atoms with E-state index in [0.717, 1.165) is 38.9 Å². The first-order valence-corrected chi connectivity index (χ1v) is 9.78. The van der Waals surface area contributed by atoms with Crippen LogP contribution in [0, 0.1) is 11.3 Å². The van der Waals surface area contributed by atoms with E-state index in [-0.39, 0.29) is 5.41 Å². The highest BCUT2D eigenvalue weighted by Gasteiger charge is 2.52. The summed E-state index contributed by atoms with van der Waals surface area (Å²) in [6.45, 7) is 4.69. The van der Waals surface area contributed by atoms with Crippen LogP contribution in [0.4, 0.5) is 0 Å². The van der Waals surface area contributed by atoms with Gasteiger partial charge in [0.25, 0.3) is 0 Å². The van der Waals surface area contributed by atoms with E-state index in [1.165, 1.54) is 24.9 Å². The summed E-state index contributed by atoms with van der Waals surface area (Å²) >= 11 is 0. The van der Waals surface area contributed by atoms with Crippen molar-refractivity contribution >= 4 is 5.91 Å². The highest BCUT2D eigenvalue weighted by atomic mass is 16.5. The molecular weight excluding hydrogens is 312 g/mol. The Morgan fingerprint density at radius 3 is 2.72 bits per heavy atom. The van der Waals surface area contributed by atoms with E-state index >= 15 is 0 Å². The number of carbonyl (C=O) groups is 1. The second-order valence-corrected chi connectivity index (χ2v) is 8.18. The Hall–Kier alpha value is -1.39. The maximum atomic E-state index is 13.0. The number of benzene rings is 1. The summed E-state index contributed by atoms with van der Waals surface area (Å²) in [5.74, 6) is 0.987. The van der Waals surface area contributed by atoms with Crippen LogP contribution in [-0.4, -0.2) is 55.1 Å². The van der Waals surface area contributed by atoms with Gasteiger partial charge >= 0.3 is 0 Å². The molecule has 2 saturated heterocycles. The molecule has 2 atom stereocenters. The second-order valence-electron chi connectivity index (χ2n) is 8.18. The smallest absolute Gasteiger partial charge is 0.231 e. The molecular formula is C21H30N2O2. The van der Waals surface area contributed by atoms with Crippen LogP contribution in [-0.2, 0) is 16.1 Å². The number of piperidine rings is 2. The molecule has 2 unspecified atom stereocenters. The summed E-state index contributed by atoms with van der Waals surface area (Å²) in [5.41, 5.74) is 1.22. The summed E-state index contributed by atoms with van der Waals surface area (Å²) in [7, 11) is 1.71. The molecule has 1 aromatic carbocycles. The number of nitrogens with zero attached hydrogens (tertiary/aromatic N) is 2. The maximum Gasteiger partial charge on any atom is 0.231 e. The predicted molar refractivity (Wildman–Crippen MR) is 98.1 cm³/mol. The quantitative estimate of drug-likeness (QED) is 0.825. The summed E-state index contributed by atoms with van der Waals surface area (Å²) in [5, 5.41) is 0. The molecule has 136 valence electrons. The second kappa shape index (κ2) is 7.08. The summed E-state index contributed by atoms with van der Waals surface area (Å²) in [6, 6.07) is 11.4. The van der Waals surface area contributed by atoms with Gasteiger partial charge in [0, 0.05) is 32.8 Å². The lowest BCUT2D eigenvalue weighted by atomic mass is 9.83. The van der Waals surface area contributed by atoms with Gasteiger partial charge in [0.15, 0.2) is 0 Å². The van der Waals surface area contributed by atoms with Crippen molar-refractivity contribution in [1.82, 2.24) is 9.80 Å². The van der Waals surface area contributed by atoms with Gasteiger partial charge in [-0.25, -0.2) is 0 Å². The van der Waals surface area contributed by atoms with E-state index in [2.05, 4.69) is 40.1 Å². The molecule has 3 aliphatic rings. The molecule has 0 N–H and O–H groups in total. The Bertz CT molecular complexity index is 599. The van der Waals surface area contributed by atoms with Crippen molar-refractivity contribution < 1.29 is 9.53 Å². The van der Waals surface area contributed by atoms with Gasteiger partial charge in [0.1, 0.15) is 0 Å². The van der Waals surface area contributed by atoms with Crippen LogP contribution in [0.2, 0.25) is 0 Å². The molecule has 1 saturated carbocycles. The van der Waals surface area contributed by atoms with E-state index in [4.69, 9.17) is 4.74 Å². The van der Waals surface area contributed by atoms with E-state index in [9.17, 15) is 4.79 Å². The Morgan fingerprint density at radius 1 is 1.20 bits per heavy atom. The van der Waals surface area contributed by atoms with Crippen LogP contribution in [0.15, 0.2) is 30.3 Å². The van der Waals surface area contributed by atoms with E-state index in [0.29, 0.717) is 24.5 Å². The number of methoxy groups -OCH3 is 1. The van der Waals surface area contributed by atoms with Gasteiger partial charge in [0.05, 0.1) is 12.0 Å². The van der Waals surface area contributed by atoms with Crippen LogP contribution in [0.1, 0.15) is 37.7 Å². The summed E-state index contributed by atoms with van der Waals surface area (Å²) in [4.78, 5) is 17.8. The fraction of sp³-hybridized carbons (Fsp3) is 0.667. The first-order valence-electron chi connectivity index (χ1n) is 9.78. The highest BCUT2D eigenvalue weighted by molar-refractivity contribution is 5.85. The third kappa shape index (κ3) is 3.47. The predicted octanol–water partition coefficient (Wildman–Crippen LogP) is 2.93. The zero-order valence-corrected chi connectivity index (χ0v) is 15.3. The lowest BCUT2D eigenvalue weighted by molar-refractivity contribution is -0.142. The van der Waals surface area contributed by atoms with Crippen molar-refractivity contribution in [3.63, 3.8) is 0 Å². The molecule has 0 aromatic heterocycles. The van der Waals surface area contributed by atoms with Crippen molar-refractivity contribution in [3.05, 3.63) is 35.9 Å². The molecule has 4 rings (SSSR count). The zero-order valence-electron chi connectivity index (χ0n) is 15.3. The number of fused-ring (bicyclic) bond motifs is 1. The summed E-state index contributed by atoms with van der Waals surface area (Å²) < 4.78 is 5.32. The zero-order chi connectivity index (χ0) is 17.3. The number of likely N-dealkylation sites (tertiary alicyclic amines) is 2. The number of hydrogen-bond acceptors (Lipinski definition) is 3. The minimum Gasteiger partial charge on any atom is -0.384 e. The Kier molecular flexibility index (Phi) is 4.83. The molecule has 1 aliphatic carbocycles. The molecule has 2 aliphatic heterocycles. The Labute approximate surface area is 151 Å². The van der Waals surface area contributed by atoms with E-state index in [1.54, 1.807) is 7.11 Å². The average Bonchev–Trinajstić information content (AvgIpc) is 3.43. The van der Waals surface area contributed by atoms with Gasteiger partial charge in [-0.2, -0.15) is 0 Å². The van der Waals surface area contributed by atoms with Gasteiger partial charge in [-0.15, -0.1) is 0 Å².